The second-order valence-corrected chi connectivity index (χ2v) is 12.4. The first kappa shape index (κ1) is 24.1. The Kier molecular flexibility index (Phi) is 6.84. The minimum Gasteiger partial charge on any atom is -0.349 e. The maximum atomic E-state index is 13.1. The minimum absolute atomic E-state index is 0.0125. The van der Waals surface area contributed by atoms with Gasteiger partial charge in [0, 0.05) is 24.2 Å². The third-order valence-corrected chi connectivity index (χ3v) is 9.99. The van der Waals surface area contributed by atoms with Gasteiger partial charge in [-0.2, -0.15) is 0 Å². The number of hydrogen-bond acceptors (Lipinski definition) is 6. The lowest BCUT2D eigenvalue weighted by atomic mass is 9.88. The van der Waals surface area contributed by atoms with Gasteiger partial charge in [0.15, 0.2) is 12.2 Å². The zero-order valence-electron chi connectivity index (χ0n) is 21.1. The van der Waals surface area contributed by atoms with Crippen molar-refractivity contribution in [1.29, 1.82) is 0 Å². The maximum Gasteiger partial charge on any atom is 0.250 e. The van der Waals surface area contributed by atoms with Gasteiger partial charge in [-0.3, -0.25) is 20.2 Å². The minimum atomic E-state index is -0.406. The standard InChI is InChI=1S/C27H44N4O4/c32-22(20-15-28-24(34-20)18-7-3-1-4-8-18)30-26-11-13-27(17-26,14-12-26)31-23(33)21-16-29-25(35-21)19-9-5-2-6-10-19/h18-21,24-25,28-29H,1-17H2,(H,30,32)(H,31,33). The largest absolute Gasteiger partial charge is 0.349 e. The first-order valence-corrected chi connectivity index (χ1v) is 14.5. The summed E-state index contributed by atoms with van der Waals surface area (Å²) in [6.07, 6.45) is 16.2. The lowest BCUT2D eigenvalue weighted by Gasteiger charge is -2.30. The molecule has 2 aliphatic heterocycles. The lowest BCUT2D eigenvalue weighted by molar-refractivity contribution is -0.135. The first-order valence-electron chi connectivity index (χ1n) is 14.5. The Labute approximate surface area is 209 Å². The highest BCUT2D eigenvalue weighted by Crippen LogP contribution is 2.50. The molecule has 4 N–H and O–H groups in total. The molecule has 6 aliphatic rings. The average molecular weight is 489 g/mol. The molecule has 4 atom stereocenters. The highest BCUT2D eigenvalue weighted by molar-refractivity contribution is 5.83. The van der Waals surface area contributed by atoms with E-state index < -0.39 is 12.2 Å². The van der Waals surface area contributed by atoms with E-state index >= 15 is 0 Å². The first-order chi connectivity index (χ1) is 17.0. The fourth-order valence-corrected chi connectivity index (χ4v) is 7.96. The molecule has 4 unspecified atom stereocenters. The second kappa shape index (κ2) is 9.92. The number of nitrogens with one attached hydrogen (secondary N) is 4. The van der Waals surface area contributed by atoms with Crippen LogP contribution in [0.5, 0.6) is 0 Å². The third kappa shape index (κ3) is 5.00. The molecule has 2 saturated heterocycles. The fraction of sp³-hybridized carbons (Fsp3) is 0.926. The highest BCUT2D eigenvalue weighted by atomic mass is 16.5. The van der Waals surface area contributed by atoms with Crippen molar-refractivity contribution < 1.29 is 19.1 Å². The van der Waals surface area contributed by atoms with Gasteiger partial charge in [0.2, 0.25) is 0 Å². The van der Waals surface area contributed by atoms with Gasteiger partial charge in [0.1, 0.15) is 12.5 Å². The molecule has 35 heavy (non-hydrogen) atoms. The van der Waals surface area contributed by atoms with Crippen molar-refractivity contribution >= 4 is 11.8 Å². The monoisotopic (exact) mass is 488 g/mol. The van der Waals surface area contributed by atoms with E-state index in [9.17, 15) is 9.59 Å². The summed E-state index contributed by atoms with van der Waals surface area (Å²) >= 11 is 0. The van der Waals surface area contributed by atoms with Crippen molar-refractivity contribution in [2.24, 2.45) is 11.8 Å². The maximum absolute atomic E-state index is 13.1. The normalized spacial score (nSPS) is 42.4. The SMILES string of the molecule is O=C(NC12CCC(NC(=O)C3CNC(C4CCCCC4)O3)(CC1)C2)C1CNC(C2CCCCC2)O1. The highest BCUT2D eigenvalue weighted by Gasteiger charge is 2.56. The summed E-state index contributed by atoms with van der Waals surface area (Å²) in [4.78, 5) is 26.3. The van der Waals surface area contributed by atoms with Gasteiger partial charge in [-0.05, 0) is 69.6 Å². The quantitative estimate of drug-likeness (QED) is 0.458. The molecule has 2 bridgehead atoms. The van der Waals surface area contributed by atoms with Crippen LogP contribution in [-0.4, -0.2) is 60.6 Å². The number of amides is 2. The van der Waals surface area contributed by atoms with Crippen molar-refractivity contribution in [2.45, 2.75) is 132 Å². The van der Waals surface area contributed by atoms with Crippen molar-refractivity contribution in [3.8, 4) is 0 Å². The van der Waals surface area contributed by atoms with E-state index in [1.165, 1.54) is 64.2 Å². The molecule has 8 heteroatoms. The zero-order valence-corrected chi connectivity index (χ0v) is 21.1. The van der Waals surface area contributed by atoms with Crippen LogP contribution in [0.4, 0.5) is 0 Å². The Morgan fingerprint density at radius 3 is 1.43 bits per heavy atom. The van der Waals surface area contributed by atoms with Crippen LogP contribution in [0.3, 0.4) is 0 Å². The number of carbonyl (C=O) groups is 2. The van der Waals surface area contributed by atoms with Crippen molar-refractivity contribution in [3.05, 3.63) is 0 Å². The van der Waals surface area contributed by atoms with E-state index in [1.807, 2.05) is 0 Å². The van der Waals surface area contributed by atoms with E-state index in [1.54, 1.807) is 0 Å². The van der Waals surface area contributed by atoms with Crippen LogP contribution in [0.1, 0.15) is 96.3 Å². The molecule has 6 rings (SSSR count). The number of carbonyl (C=O) groups excluding carboxylic acids is 2. The van der Waals surface area contributed by atoms with Gasteiger partial charge in [0.25, 0.3) is 11.8 Å². The summed E-state index contributed by atoms with van der Waals surface area (Å²) in [5.41, 5.74) is -0.424. The summed E-state index contributed by atoms with van der Waals surface area (Å²) < 4.78 is 12.4. The Hall–Kier alpha value is -1.22. The molecule has 0 radical (unpaired) electrons. The summed E-state index contributed by atoms with van der Waals surface area (Å²) in [7, 11) is 0. The topological polar surface area (TPSA) is 101 Å². The molecule has 0 spiro atoms. The Balaban J connectivity index is 0.990. The summed E-state index contributed by atoms with van der Waals surface area (Å²) in [5.74, 6) is 1.09. The summed E-state index contributed by atoms with van der Waals surface area (Å²) in [5, 5.41) is 13.6. The van der Waals surface area contributed by atoms with E-state index in [0.29, 0.717) is 24.9 Å². The van der Waals surface area contributed by atoms with E-state index in [2.05, 4.69) is 21.3 Å². The van der Waals surface area contributed by atoms with Crippen LogP contribution in [0.25, 0.3) is 0 Å². The van der Waals surface area contributed by atoms with Crippen LogP contribution < -0.4 is 21.3 Å². The summed E-state index contributed by atoms with van der Waals surface area (Å²) in [6.45, 7) is 1.19. The van der Waals surface area contributed by atoms with E-state index in [0.717, 1.165) is 32.1 Å². The van der Waals surface area contributed by atoms with Gasteiger partial charge >= 0.3 is 0 Å². The van der Waals surface area contributed by atoms with Crippen molar-refractivity contribution in [2.75, 3.05) is 13.1 Å². The predicted molar refractivity (Wildman–Crippen MR) is 131 cm³/mol. The van der Waals surface area contributed by atoms with Crippen molar-refractivity contribution in [3.63, 3.8) is 0 Å². The molecule has 0 aromatic carbocycles. The lowest BCUT2D eigenvalue weighted by Crippen LogP contribution is -2.51. The molecule has 8 nitrogen and oxygen atoms in total. The molecule has 4 saturated carbocycles. The molecule has 2 amide bonds. The number of fused-ring (bicyclic) bond motifs is 2. The summed E-state index contributed by atoms with van der Waals surface area (Å²) in [6, 6.07) is 0. The number of ether oxygens (including phenoxy) is 2. The fourth-order valence-electron chi connectivity index (χ4n) is 7.96. The molecule has 0 aromatic rings. The van der Waals surface area contributed by atoms with Gasteiger partial charge in [-0.1, -0.05) is 38.5 Å². The van der Waals surface area contributed by atoms with Crippen LogP contribution >= 0.6 is 0 Å². The molecular weight excluding hydrogens is 444 g/mol. The third-order valence-electron chi connectivity index (χ3n) is 9.99. The smallest absolute Gasteiger partial charge is 0.250 e. The van der Waals surface area contributed by atoms with E-state index in [4.69, 9.17) is 9.47 Å². The Morgan fingerprint density at radius 1 is 0.629 bits per heavy atom. The van der Waals surface area contributed by atoms with Gasteiger partial charge in [-0.25, -0.2) is 0 Å². The van der Waals surface area contributed by atoms with Gasteiger partial charge < -0.3 is 20.1 Å². The second-order valence-electron chi connectivity index (χ2n) is 12.4. The zero-order chi connectivity index (χ0) is 23.9. The molecule has 196 valence electrons. The average Bonchev–Trinajstić information content (AvgIpc) is 3.68. The molecule has 6 fully saturated rings. The van der Waals surface area contributed by atoms with Crippen LogP contribution in [0.2, 0.25) is 0 Å². The molecular formula is C27H44N4O4. The van der Waals surface area contributed by atoms with Gasteiger partial charge in [0.05, 0.1) is 0 Å². The van der Waals surface area contributed by atoms with Gasteiger partial charge in [-0.15, -0.1) is 0 Å². The number of rotatable bonds is 6. The van der Waals surface area contributed by atoms with Crippen molar-refractivity contribution in [1.82, 2.24) is 21.3 Å². The van der Waals surface area contributed by atoms with E-state index in [-0.39, 0.29) is 35.3 Å². The van der Waals surface area contributed by atoms with Crippen LogP contribution in [0, 0.1) is 11.8 Å². The number of hydrogen-bond donors (Lipinski definition) is 4. The van der Waals surface area contributed by atoms with Crippen LogP contribution in [0.15, 0.2) is 0 Å². The Morgan fingerprint density at radius 2 is 1.03 bits per heavy atom. The molecule has 2 heterocycles. The molecule has 0 aromatic heterocycles. The Bertz CT molecular complexity index is 722. The predicted octanol–water partition coefficient (Wildman–Crippen LogP) is 2.46. The van der Waals surface area contributed by atoms with Crippen LogP contribution in [-0.2, 0) is 19.1 Å². The molecule has 4 aliphatic carbocycles.